The van der Waals surface area contributed by atoms with E-state index in [4.69, 9.17) is 16.3 Å². The van der Waals surface area contributed by atoms with Crippen LogP contribution >= 0.6 is 22.9 Å². The molecule has 3 heterocycles. The molecule has 2 aliphatic rings. The highest BCUT2D eigenvalue weighted by Crippen LogP contribution is 2.38. The Bertz CT molecular complexity index is 1100. The van der Waals surface area contributed by atoms with Gasteiger partial charge in [-0.15, -0.1) is 11.3 Å². The molecule has 7 heteroatoms. The minimum atomic E-state index is 0.102. The number of anilines is 1. The van der Waals surface area contributed by atoms with Gasteiger partial charge in [-0.05, 0) is 43.2 Å². The van der Waals surface area contributed by atoms with Gasteiger partial charge < -0.3 is 15.0 Å². The van der Waals surface area contributed by atoms with E-state index in [1.807, 2.05) is 42.3 Å². The summed E-state index contributed by atoms with van der Waals surface area (Å²) in [5.41, 5.74) is 4.00. The molecule has 0 spiro atoms. The second kappa shape index (κ2) is 9.16. The molecule has 1 aliphatic heterocycles. The van der Waals surface area contributed by atoms with E-state index in [0.717, 1.165) is 62.0 Å². The number of rotatable bonds is 6. The van der Waals surface area contributed by atoms with Gasteiger partial charge in [-0.1, -0.05) is 17.7 Å². The number of carbonyl (C=O) groups is 1. The fourth-order valence-corrected chi connectivity index (χ4v) is 4.86. The molecule has 0 saturated heterocycles. The van der Waals surface area contributed by atoms with Crippen molar-refractivity contribution in [3.8, 4) is 0 Å². The van der Waals surface area contributed by atoms with E-state index in [-0.39, 0.29) is 5.78 Å². The van der Waals surface area contributed by atoms with Crippen LogP contribution in [-0.4, -0.2) is 42.5 Å². The molecule has 0 amide bonds. The highest BCUT2D eigenvalue weighted by Gasteiger charge is 2.25. The lowest BCUT2D eigenvalue weighted by atomic mass is 10.1. The Balaban J connectivity index is 1.68. The third-order valence-electron chi connectivity index (χ3n) is 5.18. The highest BCUT2D eigenvalue weighted by atomic mass is 35.5. The van der Waals surface area contributed by atoms with Crippen LogP contribution in [-0.2, 0) is 4.74 Å². The van der Waals surface area contributed by atoms with Gasteiger partial charge in [0.15, 0.2) is 5.78 Å². The lowest BCUT2D eigenvalue weighted by molar-refractivity contribution is 0.0971. The van der Waals surface area contributed by atoms with Crippen molar-refractivity contribution in [2.24, 2.45) is 0 Å². The molecule has 1 aliphatic carbocycles. The van der Waals surface area contributed by atoms with Crippen molar-refractivity contribution in [2.45, 2.75) is 19.8 Å². The maximum atomic E-state index is 13.2. The van der Waals surface area contributed by atoms with E-state index < -0.39 is 0 Å². The third kappa shape index (κ3) is 4.21. The molecular weight excluding hydrogens is 418 g/mol. The topological polar surface area (TPSA) is 54.5 Å². The fraction of sp³-hybridized carbons (Fsp3) is 0.304. The summed E-state index contributed by atoms with van der Waals surface area (Å²) in [4.78, 5) is 21.3. The Hall–Kier alpha value is -2.41. The first-order valence-electron chi connectivity index (χ1n) is 9.94. The first kappa shape index (κ1) is 20.8. The molecule has 156 valence electrons. The number of nitrogens with one attached hydrogen (secondary N) is 1. The zero-order chi connectivity index (χ0) is 21.1. The number of thiophene rings is 1. The Kier molecular flexibility index (Phi) is 6.37. The largest absolute Gasteiger partial charge is 0.385 e. The number of hydrogen-bond acceptors (Lipinski definition) is 6. The maximum Gasteiger partial charge on any atom is 0.193 e. The fourth-order valence-electron chi connectivity index (χ4n) is 3.63. The summed E-state index contributed by atoms with van der Waals surface area (Å²) < 4.78 is 5.13. The highest BCUT2D eigenvalue weighted by molar-refractivity contribution is 7.21. The summed E-state index contributed by atoms with van der Waals surface area (Å²) in [6, 6.07) is 1.97. The monoisotopic (exact) mass is 441 g/mol. The molecule has 0 aromatic carbocycles. The van der Waals surface area contributed by atoms with Gasteiger partial charge in [0.25, 0.3) is 0 Å². The van der Waals surface area contributed by atoms with Crippen LogP contribution < -0.4 is 5.32 Å². The van der Waals surface area contributed by atoms with Gasteiger partial charge in [-0.3, -0.25) is 4.79 Å². The van der Waals surface area contributed by atoms with Crippen LogP contribution in [0.5, 0.6) is 0 Å². The average molecular weight is 442 g/mol. The van der Waals surface area contributed by atoms with Gasteiger partial charge in [-0.2, -0.15) is 0 Å². The van der Waals surface area contributed by atoms with Gasteiger partial charge in [0.1, 0.15) is 4.83 Å². The zero-order valence-corrected chi connectivity index (χ0v) is 18.6. The molecule has 0 bridgehead atoms. The number of pyridine rings is 1. The van der Waals surface area contributed by atoms with E-state index in [0.29, 0.717) is 13.2 Å². The second-order valence-corrected chi connectivity index (χ2v) is 8.70. The van der Waals surface area contributed by atoms with E-state index in [1.165, 1.54) is 11.3 Å². The van der Waals surface area contributed by atoms with Crippen molar-refractivity contribution in [2.75, 3.05) is 32.1 Å². The quantitative estimate of drug-likeness (QED) is 0.594. The summed E-state index contributed by atoms with van der Waals surface area (Å²) >= 11 is 7.73. The van der Waals surface area contributed by atoms with Crippen molar-refractivity contribution in [1.82, 2.24) is 9.88 Å². The lowest BCUT2D eigenvalue weighted by Crippen LogP contribution is -2.23. The zero-order valence-electron chi connectivity index (χ0n) is 17.1. The number of Topliss-reactive ketones (excluding diaryl/α,β-unsaturated/α-hetero) is 1. The van der Waals surface area contributed by atoms with Crippen LogP contribution in [0.4, 0.5) is 5.69 Å². The number of ether oxygens (including phenoxy) is 1. The first-order valence-corrected chi connectivity index (χ1v) is 11.1. The summed E-state index contributed by atoms with van der Waals surface area (Å²) in [5.74, 6) is 0.102. The lowest BCUT2D eigenvalue weighted by Gasteiger charge is -2.21. The van der Waals surface area contributed by atoms with Crippen LogP contribution in [0.2, 0.25) is 0 Å². The van der Waals surface area contributed by atoms with Crippen molar-refractivity contribution >= 4 is 50.7 Å². The average Bonchev–Trinajstić information content (AvgIpc) is 2.94. The molecule has 1 N–H and O–H groups in total. The van der Waals surface area contributed by atoms with Crippen LogP contribution in [0, 0.1) is 0 Å². The smallest absolute Gasteiger partial charge is 0.193 e. The molecule has 0 saturated carbocycles. The van der Waals surface area contributed by atoms with Crippen molar-refractivity contribution < 1.29 is 9.53 Å². The molecule has 0 atom stereocenters. The minimum Gasteiger partial charge on any atom is -0.385 e. The third-order valence-corrected chi connectivity index (χ3v) is 6.76. The number of ketones is 1. The predicted octanol–water partition coefficient (Wildman–Crippen LogP) is 5.57. The molecule has 0 unspecified atom stereocenters. The van der Waals surface area contributed by atoms with Crippen LogP contribution in [0.1, 0.15) is 35.0 Å². The molecule has 30 heavy (non-hydrogen) atoms. The SMILES string of the molecule is COCCCNc1ccnc2sc3c(c12)C=CN(C1=CC(C)=C(Cl)C=CC1)CC3=O. The Labute approximate surface area is 185 Å². The second-order valence-electron chi connectivity index (χ2n) is 7.30. The van der Waals surface area contributed by atoms with E-state index in [2.05, 4.69) is 16.4 Å². The normalized spacial score (nSPS) is 16.6. The first-order chi connectivity index (χ1) is 14.6. The summed E-state index contributed by atoms with van der Waals surface area (Å²) in [6.07, 6.45) is 13.5. The minimum absolute atomic E-state index is 0.102. The number of nitrogens with zero attached hydrogens (tertiary/aromatic N) is 2. The molecule has 2 aromatic heterocycles. The van der Waals surface area contributed by atoms with Gasteiger partial charge in [0.2, 0.25) is 0 Å². The summed E-state index contributed by atoms with van der Waals surface area (Å²) in [7, 11) is 1.70. The summed E-state index contributed by atoms with van der Waals surface area (Å²) in [6.45, 7) is 3.79. The summed E-state index contributed by atoms with van der Waals surface area (Å²) in [5, 5.41) is 5.22. The van der Waals surface area contributed by atoms with Crippen molar-refractivity contribution in [1.29, 1.82) is 0 Å². The van der Waals surface area contributed by atoms with Crippen LogP contribution in [0.3, 0.4) is 0 Å². The molecular formula is C23H24ClN3O2S. The molecule has 0 radical (unpaired) electrons. The van der Waals surface area contributed by atoms with E-state index >= 15 is 0 Å². The number of halogens is 1. The molecule has 5 nitrogen and oxygen atoms in total. The number of hydrogen-bond donors (Lipinski definition) is 1. The standard InChI is InChI=1S/C23H24ClN3O2S/c1-15-13-16(5-3-6-18(15)24)27-11-8-17-21-19(25-9-4-12-29-2)7-10-26-23(21)30-22(17)20(28)14-27/h3,6-8,10-11,13H,4-5,9,12,14H2,1-2H3,(H,25,26). The Morgan fingerprint density at radius 2 is 2.23 bits per heavy atom. The van der Waals surface area contributed by atoms with Gasteiger partial charge in [0.05, 0.1) is 11.4 Å². The number of methoxy groups -OCH3 is 1. The number of aromatic nitrogens is 1. The maximum absolute atomic E-state index is 13.2. The number of fused-ring (bicyclic) bond motifs is 3. The number of carbonyl (C=O) groups excluding carboxylic acids is 1. The predicted molar refractivity (Wildman–Crippen MR) is 125 cm³/mol. The Morgan fingerprint density at radius 1 is 1.37 bits per heavy atom. The molecule has 4 rings (SSSR count). The van der Waals surface area contributed by atoms with E-state index in [9.17, 15) is 4.79 Å². The van der Waals surface area contributed by atoms with Gasteiger partial charge >= 0.3 is 0 Å². The van der Waals surface area contributed by atoms with Gasteiger partial charge in [0, 0.05) is 66.4 Å². The van der Waals surface area contributed by atoms with Crippen molar-refractivity contribution in [3.05, 3.63) is 63.4 Å². The Morgan fingerprint density at radius 3 is 3.07 bits per heavy atom. The van der Waals surface area contributed by atoms with Crippen LogP contribution in [0.15, 0.2) is 53.0 Å². The van der Waals surface area contributed by atoms with Crippen LogP contribution in [0.25, 0.3) is 16.3 Å². The van der Waals surface area contributed by atoms with Crippen molar-refractivity contribution in [3.63, 3.8) is 0 Å². The van der Waals surface area contributed by atoms with Gasteiger partial charge in [-0.25, -0.2) is 4.98 Å². The molecule has 2 aromatic rings. The number of allylic oxidation sites excluding steroid dienone is 5. The van der Waals surface area contributed by atoms with E-state index in [1.54, 1.807) is 13.3 Å². The molecule has 0 fully saturated rings.